The van der Waals surface area contributed by atoms with Gasteiger partial charge in [-0.15, -0.1) is 0 Å². The molecule has 1 N–H and O–H groups in total. The predicted octanol–water partition coefficient (Wildman–Crippen LogP) is 1.02. The van der Waals surface area contributed by atoms with Crippen LogP contribution in [0.3, 0.4) is 0 Å². The van der Waals surface area contributed by atoms with E-state index < -0.39 is 22.3 Å². The molecule has 1 aromatic rings. The number of hydrogen-bond donors (Lipinski definition) is 1. The van der Waals surface area contributed by atoms with E-state index in [0.717, 1.165) is 6.07 Å². The summed E-state index contributed by atoms with van der Waals surface area (Å²) < 4.78 is 9.23. The van der Waals surface area contributed by atoms with E-state index in [1.807, 2.05) is 0 Å². The summed E-state index contributed by atoms with van der Waals surface area (Å²) in [7, 11) is 2.48. The number of phenols is 1. The predicted molar refractivity (Wildman–Crippen MR) is 57.0 cm³/mol. The Morgan fingerprint density at radius 3 is 2.59 bits per heavy atom. The quantitative estimate of drug-likeness (QED) is 0.480. The minimum atomic E-state index is -0.751. The van der Waals surface area contributed by atoms with Gasteiger partial charge in [0.05, 0.1) is 25.6 Å². The van der Waals surface area contributed by atoms with E-state index in [4.69, 9.17) is 4.74 Å². The molecular formula is C10H11NO6. The fraction of sp³-hybridized carbons (Fsp3) is 0.300. The average molecular weight is 241 g/mol. The first kappa shape index (κ1) is 12.8. The van der Waals surface area contributed by atoms with Gasteiger partial charge in [0.25, 0.3) is 0 Å². The third kappa shape index (κ3) is 2.83. The normalized spacial score (nSPS) is 9.76. The maximum atomic E-state index is 11.1. The number of nitro groups is 1. The van der Waals surface area contributed by atoms with E-state index >= 15 is 0 Å². The molecule has 0 atom stereocenters. The second-order valence-electron chi connectivity index (χ2n) is 3.18. The van der Waals surface area contributed by atoms with E-state index in [1.165, 1.54) is 20.3 Å². The highest BCUT2D eigenvalue weighted by Gasteiger charge is 2.20. The summed E-state index contributed by atoms with van der Waals surface area (Å²) in [6.45, 7) is 0. The van der Waals surface area contributed by atoms with Crippen LogP contribution in [0.1, 0.15) is 5.56 Å². The molecule has 0 bridgehead atoms. The summed E-state index contributed by atoms with van der Waals surface area (Å²) in [4.78, 5) is 21.0. The van der Waals surface area contributed by atoms with Crippen LogP contribution in [0, 0.1) is 10.1 Å². The summed E-state index contributed by atoms with van der Waals surface area (Å²) >= 11 is 0. The molecule has 92 valence electrons. The molecule has 0 saturated heterocycles. The number of carbonyl (C=O) groups excluding carboxylic acids is 1. The van der Waals surface area contributed by atoms with Gasteiger partial charge in [-0.2, -0.15) is 0 Å². The van der Waals surface area contributed by atoms with Gasteiger partial charge in [-0.1, -0.05) is 0 Å². The molecule has 0 fully saturated rings. The molecule has 0 radical (unpaired) electrons. The topological polar surface area (TPSA) is 98.9 Å². The molecule has 0 amide bonds. The van der Waals surface area contributed by atoms with Gasteiger partial charge in [0.15, 0.2) is 5.75 Å². The third-order valence-electron chi connectivity index (χ3n) is 2.11. The maximum Gasteiger partial charge on any atom is 0.314 e. The van der Waals surface area contributed by atoms with Crippen LogP contribution in [0.25, 0.3) is 0 Å². The Kier molecular flexibility index (Phi) is 3.86. The van der Waals surface area contributed by atoms with Gasteiger partial charge < -0.3 is 14.6 Å². The fourth-order valence-electron chi connectivity index (χ4n) is 1.28. The number of carbonyl (C=O) groups is 1. The van der Waals surface area contributed by atoms with Gasteiger partial charge >= 0.3 is 11.7 Å². The lowest BCUT2D eigenvalue weighted by Crippen LogP contribution is -2.05. The van der Waals surface area contributed by atoms with Crippen LogP contribution in [-0.4, -0.2) is 30.2 Å². The molecule has 7 nitrogen and oxygen atoms in total. The van der Waals surface area contributed by atoms with Gasteiger partial charge in [0.1, 0.15) is 0 Å². The Morgan fingerprint density at radius 1 is 1.47 bits per heavy atom. The van der Waals surface area contributed by atoms with Crippen molar-refractivity contribution in [1.29, 1.82) is 0 Å². The number of phenolic OH excluding ortho intramolecular Hbond substituents is 1. The Bertz CT molecular complexity index is 456. The van der Waals surface area contributed by atoms with Crippen LogP contribution >= 0.6 is 0 Å². The van der Waals surface area contributed by atoms with Crippen molar-refractivity contribution in [1.82, 2.24) is 0 Å². The van der Waals surface area contributed by atoms with Gasteiger partial charge in [-0.05, 0) is 11.6 Å². The van der Waals surface area contributed by atoms with Crippen molar-refractivity contribution >= 4 is 11.7 Å². The summed E-state index contributed by atoms with van der Waals surface area (Å²) in [5.41, 5.74) is -0.179. The highest BCUT2D eigenvalue weighted by atomic mass is 16.6. The minimum absolute atomic E-state index is 0.0573. The molecule has 0 spiro atoms. The summed E-state index contributed by atoms with van der Waals surface area (Å²) in [5.74, 6) is -1.16. The molecule has 1 rings (SSSR count). The highest BCUT2D eigenvalue weighted by molar-refractivity contribution is 5.73. The molecule has 0 aromatic heterocycles. The highest BCUT2D eigenvalue weighted by Crippen LogP contribution is 2.36. The first-order valence-corrected chi connectivity index (χ1v) is 4.60. The van der Waals surface area contributed by atoms with Crippen LogP contribution in [0.4, 0.5) is 5.69 Å². The lowest BCUT2D eigenvalue weighted by atomic mass is 10.1. The molecular weight excluding hydrogens is 230 g/mol. The second-order valence-corrected chi connectivity index (χ2v) is 3.18. The van der Waals surface area contributed by atoms with Crippen molar-refractivity contribution in [2.75, 3.05) is 14.2 Å². The average Bonchev–Trinajstić information content (AvgIpc) is 2.30. The molecule has 0 aliphatic carbocycles. The van der Waals surface area contributed by atoms with E-state index in [-0.39, 0.29) is 12.2 Å². The monoisotopic (exact) mass is 241 g/mol. The summed E-state index contributed by atoms with van der Waals surface area (Å²) in [5, 5.41) is 20.2. The van der Waals surface area contributed by atoms with Crippen LogP contribution < -0.4 is 4.74 Å². The first-order valence-electron chi connectivity index (χ1n) is 4.60. The molecule has 0 aliphatic heterocycles. The number of nitrogens with zero attached hydrogens (tertiary/aromatic N) is 1. The Morgan fingerprint density at radius 2 is 2.12 bits per heavy atom. The molecule has 0 saturated carbocycles. The van der Waals surface area contributed by atoms with Crippen molar-refractivity contribution in [2.45, 2.75) is 6.42 Å². The van der Waals surface area contributed by atoms with Gasteiger partial charge in [-0.25, -0.2) is 0 Å². The number of nitro benzene ring substituents is 1. The van der Waals surface area contributed by atoms with Crippen molar-refractivity contribution < 1.29 is 24.3 Å². The lowest BCUT2D eigenvalue weighted by molar-refractivity contribution is -0.386. The zero-order valence-electron chi connectivity index (χ0n) is 9.30. The number of benzene rings is 1. The number of rotatable bonds is 4. The van der Waals surface area contributed by atoms with E-state index in [9.17, 15) is 20.0 Å². The van der Waals surface area contributed by atoms with Crippen LogP contribution in [-0.2, 0) is 16.0 Å². The summed E-state index contributed by atoms with van der Waals surface area (Å²) in [6, 6.07) is 2.45. The Balaban J connectivity index is 3.20. The number of esters is 1. The second kappa shape index (κ2) is 5.15. The molecule has 0 heterocycles. The van der Waals surface area contributed by atoms with Crippen molar-refractivity contribution in [2.24, 2.45) is 0 Å². The Labute approximate surface area is 96.7 Å². The zero-order chi connectivity index (χ0) is 13.0. The van der Waals surface area contributed by atoms with Crippen molar-refractivity contribution in [3.63, 3.8) is 0 Å². The van der Waals surface area contributed by atoms with Crippen molar-refractivity contribution in [3.8, 4) is 11.5 Å². The number of aromatic hydroxyl groups is 1. The van der Waals surface area contributed by atoms with Crippen molar-refractivity contribution in [3.05, 3.63) is 27.8 Å². The zero-order valence-corrected chi connectivity index (χ0v) is 9.30. The Hall–Kier alpha value is -2.31. The van der Waals surface area contributed by atoms with Crippen LogP contribution in [0.15, 0.2) is 12.1 Å². The largest absolute Gasteiger partial charge is 0.500 e. The van der Waals surface area contributed by atoms with Gasteiger partial charge in [0, 0.05) is 6.07 Å². The van der Waals surface area contributed by atoms with Gasteiger partial charge in [0.2, 0.25) is 5.75 Å². The number of methoxy groups -OCH3 is 2. The standard InChI is InChI=1S/C10H11NO6/c1-16-8-4-6(5-9(12)17-2)3-7(10(8)13)11(14)15/h3-4,13H,5H2,1-2H3. The van der Waals surface area contributed by atoms with E-state index in [0.29, 0.717) is 5.56 Å². The SMILES string of the molecule is COC(=O)Cc1cc(OC)c(O)c([N+](=O)[O-])c1. The van der Waals surface area contributed by atoms with E-state index in [1.54, 1.807) is 0 Å². The molecule has 1 aromatic carbocycles. The number of ether oxygens (including phenoxy) is 2. The van der Waals surface area contributed by atoms with Crippen LogP contribution in [0.5, 0.6) is 11.5 Å². The molecule has 0 unspecified atom stereocenters. The minimum Gasteiger partial charge on any atom is -0.500 e. The molecule has 0 aliphatic rings. The van der Waals surface area contributed by atoms with E-state index in [2.05, 4.69) is 4.74 Å². The molecule has 17 heavy (non-hydrogen) atoms. The third-order valence-corrected chi connectivity index (χ3v) is 2.11. The fourth-order valence-corrected chi connectivity index (χ4v) is 1.28. The van der Waals surface area contributed by atoms with Gasteiger partial charge in [-0.3, -0.25) is 14.9 Å². The maximum absolute atomic E-state index is 11.1. The lowest BCUT2D eigenvalue weighted by Gasteiger charge is -2.06. The summed E-state index contributed by atoms with van der Waals surface area (Å²) in [6.07, 6.45) is -0.131. The first-order chi connectivity index (χ1) is 7.99. The smallest absolute Gasteiger partial charge is 0.314 e. The van der Waals surface area contributed by atoms with Crippen LogP contribution in [0.2, 0.25) is 0 Å². The number of hydrogen-bond acceptors (Lipinski definition) is 6. The molecule has 7 heteroatoms.